The SMILES string of the molecule is CCc1cccc(C(=O)CC(c2ccccc2)C2C(=O)c3ccccc3C2=O)c1. The highest BCUT2D eigenvalue weighted by molar-refractivity contribution is 6.27. The number of benzene rings is 3. The lowest BCUT2D eigenvalue weighted by atomic mass is 9.79. The van der Waals surface area contributed by atoms with Crippen molar-refractivity contribution in [1.82, 2.24) is 0 Å². The topological polar surface area (TPSA) is 51.2 Å². The number of hydrogen-bond acceptors (Lipinski definition) is 3. The highest BCUT2D eigenvalue weighted by Crippen LogP contribution is 2.39. The molecule has 0 saturated carbocycles. The Kier molecular flexibility index (Phi) is 5.22. The van der Waals surface area contributed by atoms with Crippen LogP contribution in [0.5, 0.6) is 0 Å². The number of rotatable bonds is 6. The van der Waals surface area contributed by atoms with E-state index in [9.17, 15) is 14.4 Å². The predicted octanol–water partition coefficient (Wildman–Crippen LogP) is 5.30. The van der Waals surface area contributed by atoms with Crippen molar-refractivity contribution >= 4 is 17.3 Å². The van der Waals surface area contributed by atoms with Gasteiger partial charge in [-0.25, -0.2) is 0 Å². The molecule has 29 heavy (non-hydrogen) atoms. The highest BCUT2D eigenvalue weighted by atomic mass is 16.2. The van der Waals surface area contributed by atoms with Gasteiger partial charge in [-0.15, -0.1) is 0 Å². The molecule has 3 nitrogen and oxygen atoms in total. The maximum atomic E-state index is 13.1. The van der Waals surface area contributed by atoms with E-state index >= 15 is 0 Å². The second-order valence-corrected chi connectivity index (χ2v) is 7.45. The van der Waals surface area contributed by atoms with E-state index in [1.54, 1.807) is 30.3 Å². The average molecular weight is 382 g/mol. The molecule has 1 aliphatic rings. The van der Waals surface area contributed by atoms with Gasteiger partial charge >= 0.3 is 0 Å². The molecule has 1 aliphatic carbocycles. The van der Waals surface area contributed by atoms with Gasteiger partial charge in [-0.2, -0.15) is 0 Å². The van der Waals surface area contributed by atoms with Gasteiger partial charge < -0.3 is 0 Å². The molecule has 0 amide bonds. The van der Waals surface area contributed by atoms with Gasteiger partial charge in [-0.1, -0.05) is 79.7 Å². The molecule has 3 heteroatoms. The second-order valence-electron chi connectivity index (χ2n) is 7.45. The number of Topliss-reactive ketones (excluding diaryl/α,β-unsaturated/α-hetero) is 3. The standard InChI is InChI=1S/C26H22O3/c1-2-17-9-8-12-19(15-17)23(27)16-22(18-10-4-3-5-11-18)24-25(28)20-13-6-7-14-21(20)26(24)29/h3-15,22,24H,2,16H2,1H3. The first-order chi connectivity index (χ1) is 14.1. The van der Waals surface area contributed by atoms with Crippen molar-refractivity contribution in [1.29, 1.82) is 0 Å². The van der Waals surface area contributed by atoms with Gasteiger partial charge in [-0.3, -0.25) is 14.4 Å². The van der Waals surface area contributed by atoms with Crippen molar-refractivity contribution in [3.8, 4) is 0 Å². The Balaban J connectivity index is 1.71. The van der Waals surface area contributed by atoms with Gasteiger partial charge in [0.1, 0.15) is 0 Å². The van der Waals surface area contributed by atoms with Crippen molar-refractivity contribution in [3.05, 3.63) is 107 Å². The van der Waals surface area contributed by atoms with Crippen LogP contribution in [-0.4, -0.2) is 17.3 Å². The molecule has 4 rings (SSSR count). The molecular formula is C26H22O3. The Morgan fingerprint density at radius 3 is 2.07 bits per heavy atom. The molecule has 0 bridgehead atoms. The van der Waals surface area contributed by atoms with Crippen LogP contribution in [0, 0.1) is 5.92 Å². The van der Waals surface area contributed by atoms with E-state index in [0.717, 1.165) is 17.5 Å². The summed E-state index contributed by atoms with van der Waals surface area (Å²) in [4.78, 5) is 39.3. The fourth-order valence-corrected chi connectivity index (χ4v) is 4.14. The minimum absolute atomic E-state index is 0.0503. The van der Waals surface area contributed by atoms with Crippen LogP contribution in [0.15, 0.2) is 78.9 Å². The van der Waals surface area contributed by atoms with Crippen LogP contribution in [-0.2, 0) is 6.42 Å². The fraction of sp³-hybridized carbons (Fsp3) is 0.192. The lowest BCUT2D eigenvalue weighted by molar-refractivity contribution is 0.0802. The molecule has 3 aromatic rings. The zero-order valence-electron chi connectivity index (χ0n) is 16.3. The lowest BCUT2D eigenvalue weighted by Crippen LogP contribution is -2.26. The molecule has 0 saturated heterocycles. The molecule has 0 radical (unpaired) electrons. The van der Waals surface area contributed by atoms with E-state index in [-0.39, 0.29) is 23.8 Å². The Morgan fingerprint density at radius 1 is 0.828 bits per heavy atom. The van der Waals surface area contributed by atoms with E-state index in [4.69, 9.17) is 0 Å². The van der Waals surface area contributed by atoms with Crippen molar-refractivity contribution in [2.75, 3.05) is 0 Å². The largest absolute Gasteiger partial charge is 0.294 e. The third-order valence-corrected chi connectivity index (χ3v) is 5.72. The average Bonchev–Trinajstić information content (AvgIpc) is 3.03. The van der Waals surface area contributed by atoms with Gasteiger partial charge in [0.2, 0.25) is 0 Å². The summed E-state index contributed by atoms with van der Waals surface area (Å²) in [6.45, 7) is 2.05. The van der Waals surface area contributed by atoms with Gasteiger partial charge in [0, 0.05) is 29.0 Å². The number of carbonyl (C=O) groups is 3. The lowest BCUT2D eigenvalue weighted by Gasteiger charge is -2.21. The predicted molar refractivity (Wildman–Crippen MR) is 113 cm³/mol. The normalized spacial score (nSPS) is 14.7. The number of fused-ring (bicyclic) bond motifs is 1. The van der Waals surface area contributed by atoms with Gasteiger partial charge in [0.15, 0.2) is 17.3 Å². The van der Waals surface area contributed by atoms with E-state index in [0.29, 0.717) is 16.7 Å². The molecule has 0 N–H and O–H groups in total. The molecular weight excluding hydrogens is 360 g/mol. The summed E-state index contributed by atoms with van der Waals surface area (Å²) in [6, 6.07) is 23.9. The first-order valence-corrected chi connectivity index (χ1v) is 9.94. The summed E-state index contributed by atoms with van der Waals surface area (Å²) in [7, 11) is 0. The summed E-state index contributed by atoms with van der Waals surface area (Å²) in [5.41, 5.74) is 3.48. The van der Waals surface area contributed by atoms with Crippen molar-refractivity contribution < 1.29 is 14.4 Å². The van der Waals surface area contributed by atoms with Crippen molar-refractivity contribution in [2.45, 2.75) is 25.7 Å². The minimum Gasteiger partial charge on any atom is -0.294 e. The molecule has 0 spiro atoms. The second kappa shape index (κ2) is 7.96. The fourth-order valence-electron chi connectivity index (χ4n) is 4.14. The van der Waals surface area contributed by atoms with Crippen LogP contribution in [0.3, 0.4) is 0 Å². The van der Waals surface area contributed by atoms with E-state index < -0.39 is 11.8 Å². The van der Waals surface area contributed by atoms with Crippen LogP contribution >= 0.6 is 0 Å². The smallest absolute Gasteiger partial charge is 0.175 e. The Hall–Kier alpha value is -3.33. The summed E-state index contributed by atoms with van der Waals surface area (Å²) in [5.74, 6) is -1.76. The van der Waals surface area contributed by atoms with Crippen LogP contribution in [0.25, 0.3) is 0 Å². The molecule has 3 aromatic carbocycles. The zero-order chi connectivity index (χ0) is 20.4. The van der Waals surface area contributed by atoms with Gasteiger partial charge in [0.25, 0.3) is 0 Å². The zero-order valence-corrected chi connectivity index (χ0v) is 16.3. The third kappa shape index (κ3) is 3.56. The molecule has 1 atom stereocenters. The Morgan fingerprint density at radius 2 is 1.45 bits per heavy atom. The summed E-state index contributed by atoms with van der Waals surface area (Å²) < 4.78 is 0. The molecule has 0 fully saturated rings. The first kappa shape index (κ1) is 19.0. The number of aryl methyl sites for hydroxylation is 1. The minimum atomic E-state index is -0.854. The molecule has 0 aromatic heterocycles. The Labute approximate surface area is 170 Å². The summed E-state index contributed by atoms with van der Waals surface area (Å²) in [6.07, 6.45) is 0.964. The molecule has 0 aliphatic heterocycles. The molecule has 144 valence electrons. The van der Waals surface area contributed by atoms with Crippen LogP contribution in [0.1, 0.15) is 61.5 Å². The van der Waals surface area contributed by atoms with Gasteiger partial charge in [0.05, 0.1) is 5.92 Å². The van der Waals surface area contributed by atoms with E-state index in [1.165, 1.54) is 0 Å². The number of ketones is 3. The van der Waals surface area contributed by atoms with E-state index in [2.05, 4.69) is 0 Å². The maximum absolute atomic E-state index is 13.1. The summed E-state index contributed by atoms with van der Waals surface area (Å²) in [5, 5.41) is 0. The monoisotopic (exact) mass is 382 g/mol. The van der Waals surface area contributed by atoms with Crippen LogP contribution in [0.4, 0.5) is 0 Å². The number of carbonyl (C=O) groups excluding carboxylic acids is 3. The van der Waals surface area contributed by atoms with Crippen LogP contribution < -0.4 is 0 Å². The summed E-state index contributed by atoms with van der Waals surface area (Å²) >= 11 is 0. The van der Waals surface area contributed by atoms with Crippen molar-refractivity contribution in [2.24, 2.45) is 5.92 Å². The molecule has 1 unspecified atom stereocenters. The third-order valence-electron chi connectivity index (χ3n) is 5.72. The van der Waals surface area contributed by atoms with E-state index in [1.807, 2.05) is 55.5 Å². The maximum Gasteiger partial charge on any atom is 0.175 e. The first-order valence-electron chi connectivity index (χ1n) is 9.94. The quantitative estimate of drug-likeness (QED) is 0.429. The highest BCUT2D eigenvalue weighted by Gasteiger charge is 2.44. The van der Waals surface area contributed by atoms with Crippen molar-refractivity contribution in [3.63, 3.8) is 0 Å². The van der Waals surface area contributed by atoms with Gasteiger partial charge in [-0.05, 0) is 23.6 Å². The Bertz CT molecular complexity index is 1050. The van der Waals surface area contributed by atoms with Crippen LogP contribution in [0.2, 0.25) is 0 Å². The number of hydrogen-bond donors (Lipinski definition) is 0. The molecule has 0 heterocycles.